The van der Waals surface area contributed by atoms with E-state index in [1.54, 1.807) is 7.05 Å². The van der Waals surface area contributed by atoms with Crippen molar-refractivity contribution >= 4 is 0 Å². The predicted molar refractivity (Wildman–Crippen MR) is 48.4 cm³/mol. The van der Waals surface area contributed by atoms with Gasteiger partial charge in [-0.2, -0.15) is 0 Å². The van der Waals surface area contributed by atoms with Gasteiger partial charge in [-0.1, -0.05) is 19.7 Å². The summed E-state index contributed by atoms with van der Waals surface area (Å²) in [6.07, 6.45) is 0. The van der Waals surface area contributed by atoms with Crippen molar-refractivity contribution in [2.24, 2.45) is 0 Å². The summed E-state index contributed by atoms with van der Waals surface area (Å²) in [6, 6.07) is 0. The average Bonchev–Trinajstić information content (AvgIpc) is 1.85. The lowest BCUT2D eigenvalue weighted by Gasteiger charge is -2.12. The van der Waals surface area contributed by atoms with Gasteiger partial charge in [0.15, 0.2) is 0 Å². The molecule has 11 heavy (non-hydrogen) atoms. The number of hydrogen-bond donors (Lipinski definition) is 3. The third-order valence-corrected chi connectivity index (χ3v) is 0.968. The van der Waals surface area contributed by atoms with Crippen molar-refractivity contribution in [3.05, 3.63) is 37.1 Å². The molecule has 0 atom stereocenters. The minimum atomic E-state index is 0.664. The fourth-order valence-electron chi connectivity index (χ4n) is 0.533. The van der Waals surface area contributed by atoms with Crippen molar-refractivity contribution in [2.45, 2.75) is 6.92 Å². The van der Waals surface area contributed by atoms with Gasteiger partial charge in [0, 0.05) is 12.7 Å². The van der Waals surface area contributed by atoms with Gasteiger partial charge in [0.1, 0.15) is 5.82 Å². The van der Waals surface area contributed by atoms with Gasteiger partial charge >= 0.3 is 0 Å². The summed E-state index contributed by atoms with van der Waals surface area (Å²) < 4.78 is 0. The summed E-state index contributed by atoms with van der Waals surface area (Å²) in [4.78, 5) is 0. The van der Waals surface area contributed by atoms with Gasteiger partial charge < -0.3 is 16.0 Å². The quantitative estimate of drug-likeness (QED) is 0.548. The SMILES string of the molecule is C=C(C)NC(=C)NC(=C)NC. The average molecular weight is 153 g/mol. The van der Waals surface area contributed by atoms with Crippen molar-refractivity contribution in [2.75, 3.05) is 7.05 Å². The Bertz CT molecular complexity index is 182. The largest absolute Gasteiger partial charge is 0.375 e. The van der Waals surface area contributed by atoms with Gasteiger partial charge in [-0.3, -0.25) is 0 Å². The topological polar surface area (TPSA) is 36.1 Å². The van der Waals surface area contributed by atoms with Crippen LogP contribution in [-0.2, 0) is 0 Å². The number of rotatable bonds is 5. The molecular weight excluding hydrogens is 138 g/mol. The molecule has 0 aliphatic heterocycles. The molecule has 0 aromatic carbocycles. The zero-order valence-electron chi connectivity index (χ0n) is 7.12. The second-order valence-corrected chi connectivity index (χ2v) is 2.24. The molecule has 0 rings (SSSR count). The van der Waals surface area contributed by atoms with Crippen LogP contribution in [0, 0.1) is 0 Å². The number of nitrogens with one attached hydrogen (secondary N) is 3. The molecule has 0 heterocycles. The Kier molecular flexibility index (Phi) is 3.88. The molecule has 3 nitrogen and oxygen atoms in total. The van der Waals surface area contributed by atoms with E-state index in [0.29, 0.717) is 11.6 Å². The zero-order chi connectivity index (χ0) is 8.85. The summed E-state index contributed by atoms with van der Waals surface area (Å²) in [5, 5.41) is 8.63. The van der Waals surface area contributed by atoms with Crippen LogP contribution in [0.15, 0.2) is 37.1 Å². The van der Waals surface area contributed by atoms with E-state index in [-0.39, 0.29) is 0 Å². The summed E-state index contributed by atoms with van der Waals surface area (Å²) in [6.45, 7) is 12.9. The maximum atomic E-state index is 3.70. The molecule has 0 spiro atoms. The second kappa shape index (κ2) is 4.44. The second-order valence-electron chi connectivity index (χ2n) is 2.24. The van der Waals surface area contributed by atoms with Gasteiger partial charge in [0.25, 0.3) is 0 Å². The van der Waals surface area contributed by atoms with Gasteiger partial charge in [-0.05, 0) is 6.92 Å². The van der Waals surface area contributed by atoms with Gasteiger partial charge in [0.2, 0.25) is 0 Å². The highest BCUT2D eigenvalue weighted by molar-refractivity contribution is 5.06. The Balaban J connectivity index is 3.70. The molecule has 0 bridgehead atoms. The Morgan fingerprint density at radius 1 is 1.00 bits per heavy atom. The van der Waals surface area contributed by atoms with Crippen molar-refractivity contribution in [1.29, 1.82) is 0 Å². The van der Waals surface area contributed by atoms with Gasteiger partial charge in [-0.25, -0.2) is 0 Å². The lowest BCUT2D eigenvalue weighted by Crippen LogP contribution is -2.28. The maximum Gasteiger partial charge on any atom is 0.101 e. The van der Waals surface area contributed by atoms with E-state index in [1.165, 1.54) is 0 Å². The predicted octanol–water partition coefficient (Wildman–Crippen LogP) is 0.861. The molecule has 3 N–H and O–H groups in total. The van der Waals surface area contributed by atoms with Crippen LogP contribution in [0.1, 0.15) is 6.92 Å². The van der Waals surface area contributed by atoms with E-state index in [1.807, 2.05) is 6.92 Å². The van der Waals surface area contributed by atoms with Crippen molar-refractivity contribution in [1.82, 2.24) is 16.0 Å². The molecule has 62 valence electrons. The zero-order valence-corrected chi connectivity index (χ0v) is 7.12. The van der Waals surface area contributed by atoms with Crippen LogP contribution in [-0.4, -0.2) is 7.05 Å². The molecule has 0 amide bonds. The first kappa shape index (κ1) is 9.62. The monoisotopic (exact) mass is 153 g/mol. The third-order valence-electron chi connectivity index (χ3n) is 0.968. The molecule has 0 aliphatic rings. The fraction of sp³-hybridized carbons (Fsp3) is 0.250. The normalized spacial score (nSPS) is 8.18. The van der Waals surface area contributed by atoms with Crippen LogP contribution in [0.4, 0.5) is 0 Å². The molecule has 0 radical (unpaired) electrons. The highest BCUT2D eigenvalue weighted by atomic mass is 15.2. The van der Waals surface area contributed by atoms with Crippen LogP contribution in [0.25, 0.3) is 0 Å². The van der Waals surface area contributed by atoms with E-state index in [4.69, 9.17) is 0 Å². The number of hydrogen-bond acceptors (Lipinski definition) is 3. The lowest BCUT2D eigenvalue weighted by molar-refractivity contribution is 0.777. The summed E-state index contributed by atoms with van der Waals surface area (Å²) >= 11 is 0. The van der Waals surface area contributed by atoms with Crippen molar-refractivity contribution in [3.8, 4) is 0 Å². The Labute approximate surface area is 67.9 Å². The summed E-state index contributed by atoms with van der Waals surface area (Å²) in [5.41, 5.74) is 0.839. The van der Waals surface area contributed by atoms with E-state index < -0.39 is 0 Å². The van der Waals surface area contributed by atoms with E-state index in [0.717, 1.165) is 5.70 Å². The molecule has 0 aromatic rings. The Morgan fingerprint density at radius 3 is 1.91 bits per heavy atom. The smallest absolute Gasteiger partial charge is 0.101 e. The van der Waals surface area contributed by atoms with Crippen LogP contribution in [0.5, 0.6) is 0 Å². The fourth-order valence-corrected chi connectivity index (χ4v) is 0.533. The third kappa shape index (κ3) is 5.08. The van der Waals surface area contributed by atoms with Crippen LogP contribution in [0.2, 0.25) is 0 Å². The summed E-state index contributed by atoms with van der Waals surface area (Å²) in [7, 11) is 1.78. The molecular formula is C8H15N3. The minimum Gasteiger partial charge on any atom is -0.375 e. The summed E-state index contributed by atoms with van der Waals surface area (Å²) in [5.74, 6) is 1.36. The molecule has 0 unspecified atom stereocenters. The van der Waals surface area contributed by atoms with Crippen LogP contribution >= 0.6 is 0 Å². The molecule has 0 saturated carbocycles. The van der Waals surface area contributed by atoms with E-state index >= 15 is 0 Å². The lowest BCUT2D eigenvalue weighted by atomic mass is 10.5. The van der Waals surface area contributed by atoms with Gasteiger partial charge in [-0.15, -0.1) is 0 Å². The molecule has 3 heteroatoms. The van der Waals surface area contributed by atoms with E-state index in [2.05, 4.69) is 35.7 Å². The molecule has 0 saturated heterocycles. The number of allylic oxidation sites excluding steroid dienone is 1. The Morgan fingerprint density at radius 2 is 1.55 bits per heavy atom. The first-order valence-electron chi connectivity index (χ1n) is 3.31. The maximum absolute atomic E-state index is 3.70. The highest BCUT2D eigenvalue weighted by Gasteiger charge is 1.91. The Hall–Kier alpha value is -1.38. The first-order chi connectivity index (χ1) is 5.06. The van der Waals surface area contributed by atoms with E-state index in [9.17, 15) is 0 Å². The first-order valence-corrected chi connectivity index (χ1v) is 3.31. The molecule has 0 fully saturated rings. The standard InChI is InChI=1S/C8H15N3/c1-6(2)10-8(4)11-7(3)9-5/h9-11H,1,3-4H2,2,5H3. The minimum absolute atomic E-state index is 0.664. The molecule has 0 aromatic heterocycles. The van der Waals surface area contributed by atoms with Crippen LogP contribution in [0.3, 0.4) is 0 Å². The van der Waals surface area contributed by atoms with Crippen molar-refractivity contribution < 1.29 is 0 Å². The van der Waals surface area contributed by atoms with Gasteiger partial charge in [0.05, 0.1) is 5.82 Å². The van der Waals surface area contributed by atoms with Crippen LogP contribution < -0.4 is 16.0 Å². The molecule has 0 aliphatic carbocycles. The highest BCUT2D eigenvalue weighted by Crippen LogP contribution is 1.86. The van der Waals surface area contributed by atoms with Crippen molar-refractivity contribution in [3.63, 3.8) is 0 Å².